The third-order valence-corrected chi connectivity index (χ3v) is 6.54. The van der Waals surface area contributed by atoms with Crippen molar-refractivity contribution in [2.45, 2.75) is 25.0 Å². The van der Waals surface area contributed by atoms with Crippen LogP contribution in [-0.4, -0.2) is 27.4 Å². The van der Waals surface area contributed by atoms with Gasteiger partial charge in [-0.3, -0.25) is 0 Å². The minimum absolute atomic E-state index is 0.0131. The molecule has 2 fully saturated rings. The Morgan fingerprint density at radius 2 is 2.28 bits per heavy atom. The highest BCUT2D eigenvalue weighted by atomic mass is 32.2. The van der Waals surface area contributed by atoms with Crippen molar-refractivity contribution >= 4 is 23.5 Å². The van der Waals surface area contributed by atoms with Crippen LogP contribution in [0.1, 0.15) is 36.7 Å². The first kappa shape index (κ1) is 12.4. The second kappa shape index (κ2) is 4.46. The van der Waals surface area contributed by atoms with Gasteiger partial charge in [-0.2, -0.15) is 22.0 Å². The van der Waals surface area contributed by atoms with Crippen LogP contribution in [0, 0.1) is 22.7 Å². The molecule has 18 heavy (non-hydrogen) atoms. The van der Waals surface area contributed by atoms with E-state index in [2.05, 4.69) is 30.1 Å². The molecule has 0 N–H and O–H groups in total. The van der Waals surface area contributed by atoms with E-state index < -0.39 is 0 Å². The zero-order valence-corrected chi connectivity index (χ0v) is 12.1. The van der Waals surface area contributed by atoms with Crippen molar-refractivity contribution in [3.63, 3.8) is 0 Å². The Morgan fingerprint density at radius 1 is 1.44 bits per heavy atom. The topological polar surface area (TPSA) is 62.7 Å². The highest BCUT2D eigenvalue weighted by Crippen LogP contribution is 2.63. The molecule has 2 heterocycles. The van der Waals surface area contributed by atoms with Crippen LogP contribution in [-0.2, 0) is 0 Å². The van der Waals surface area contributed by atoms with Crippen LogP contribution < -0.4 is 0 Å². The fourth-order valence-electron chi connectivity index (χ4n) is 2.48. The summed E-state index contributed by atoms with van der Waals surface area (Å²) in [5.74, 6) is 5.00. The average Bonchev–Trinajstić information content (AvgIpc) is 2.77. The molecule has 0 amide bonds. The largest absolute Gasteiger partial charge is 0.339 e. The van der Waals surface area contributed by atoms with Gasteiger partial charge in [-0.15, -0.1) is 11.8 Å². The lowest BCUT2D eigenvalue weighted by molar-refractivity contribution is 0.363. The first-order valence-corrected chi connectivity index (χ1v) is 8.27. The van der Waals surface area contributed by atoms with E-state index in [0.29, 0.717) is 11.1 Å². The maximum atomic E-state index is 9.08. The summed E-state index contributed by atoms with van der Waals surface area (Å²) in [5.41, 5.74) is -0.0208. The van der Waals surface area contributed by atoms with Crippen LogP contribution in [0.2, 0.25) is 0 Å². The molecular weight excluding hydrogens is 266 g/mol. The molecule has 0 bridgehead atoms. The molecule has 6 heteroatoms. The smallest absolute Gasteiger partial charge is 0.231 e. The highest BCUT2D eigenvalue weighted by molar-refractivity contribution is 8.06. The number of hydrogen-bond donors (Lipinski definition) is 0. The number of aromatic nitrogens is 2. The van der Waals surface area contributed by atoms with E-state index in [4.69, 9.17) is 9.78 Å². The van der Waals surface area contributed by atoms with Crippen molar-refractivity contribution in [1.82, 2.24) is 10.1 Å². The van der Waals surface area contributed by atoms with Gasteiger partial charge in [0.05, 0.1) is 23.2 Å². The average molecular weight is 281 g/mol. The van der Waals surface area contributed by atoms with Crippen molar-refractivity contribution in [2.75, 3.05) is 17.3 Å². The van der Waals surface area contributed by atoms with Gasteiger partial charge in [-0.1, -0.05) is 19.0 Å². The second-order valence-electron chi connectivity index (χ2n) is 5.33. The van der Waals surface area contributed by atoms with Crippen molar-refractivity contribution in [2.24, 2.45) is 11.3 Å². The molecule has 3 unspecified atom stereocenters. The summed E-state index contributed by atoms with van der Waals surface area (Å²) in [6.45, 7) is 4.17. The predicted octanol–water partition coefficient (Wildman–Crippen LogP) is 2.85. The molecule has 0 radical (unpaired) electrons. The maximum Gasteiger partial charge on any atom is 0.231 e. The molecule has 1 aromatic heterocycles. The van der Waals surface area contributed by atoms with E-state index in [0.717, 1.165) is 17.3 Å². The van der Waals surface area contributed by atoms with Gasteiger partial charge in [0.2, 0.25) is 5.89 Å². The molecule has 4 nitrogen and oxygen atoms in total. The zero-order valence-electron chi connectivity index (χ0n) is 10.4. The number of nitrogens with zero attached hydrogens (tertiary/aromatic N) is 3. The van der Waals surface area contributed by atoms with Crippen molar-refractivity contribution in [3.05, 3.63) is 11.7 Å². The van der Waals surface area contributed by atoms with Crippen LogP contribution in [0.5, 0.6) is 0 Å². The Hall–Kier alpha value is -0.670. The van der Waals surface area contributed by atoms with Gasteiger partial charge in [0.1, 0.15) is 0 Å². The fraction of sp³-hybridized carbons (Fsp3) is 0.750. The van der Waals surface area contributed by atoms with Crippen LogP contribution in [0.3, 0.4) is 0 Å². The lowest BCUT2D eigenvalue weighted by Gasteiger charge is -2.16. The van der Waals surface area contributed by atoms with Crippen molar-refractivity contribution < 1.29 is 4.52 Å². The summed E-state index contributed by atoms with van der Waals surface area (Å²) in [7, 11) is 0. The number of thioether (sulfide) groups is 2. The second-order valence-corrected chi connectivity index (χ2v) is 7.79. The molecular formula is C12H15N3OS2. The molecule has 1 aliphatic heterocycles. The lowest BCUT2D eigenvalue weighted by atomic mass is 10.1. The quantitative estimate of drug-likeness (QED) is 0.830. The standard InChI is InChI=1S/C12H15N3OS2/c1-12(2)7(5-13)9(12)11-14-10(15-16-11)8-6-17-3-4-18-8/h7-9H,3-4,6H2,1-2H3. The molecule has 3 rings (SSSR count). The Labute approximate surface area is 115 Å². The van der Waals surface area contributed by atoms with E-state index in [1.54, 1.807) is 0 Å². The van der Waals surface area contributed by atoms with E-state index in [9.17, 15) is 0 Å². The number of rotatable bonds is 2. The van der Waals surface area contributed by atoms with Crippen LogP contribution >= 0.6 is 23.5 Å². The monoisotopic (exact) mass is 281 g/mol. The van der Waals surface area contributed by atoms with Crippen LogP contribution in [0.4, 0.5) is 0 Å². The first-order chi connectivity index (χ1) is 8.64. The first-order valence-electron chi connectivity index (χ1n) is 6.07. The van der Waals surface area contributed by atoms with E-state index in [-0.39, 0.29) is 17.3 Å². The molecule has 1 aliphatic carbocycles. The van der Waals surface area contributed by atoms with Crippen molar-refractivity contribution in [3.8, 4) is 6.07 Å². The van der Waals surface area contributed by atoms with Gasteiger partial charge in [0.15, 0.2) is 5.82 Å². The minimum Gasteiger partial charge on any atom is -0.339 e. The molecule has 96 valence electrons. The molecule has 3 atom stereocenters. The van der Waals surface area contributed by atoms with E-state index >= 15 is 0 Å². The summed E-state index contributed by atoms with van der Waals surface area (Å²) >= 11 is 3.84. The number of hydrogen-bond acceptors (Lipinski definition) is 6. The Bertz CT molecular complexity index is 488. The van der Waals surface area contributed by atoms with Gasteiger partial charge < -0.3 is 4.52 Å². The Morgan fingerprint density at radius 3 is 2.89 bits per heavy atom. The van der Waals surface area contributed by atoms with Gasteiger partial charge in [-0.05, 0) is 5.41 Å². The normalized spacial score (nSPS) is 33.9. The summed E-state index contributed by atoms with van der Waals surface area (Å²) in [6.07, 6.45) is 0. The van der Waals surface area contributed by atoms with E-state index in [1.165, 1.54) is 5.75 Å². The molecule has 1 aromatic rings. The molecule has 1 saturated carbocycles. The molecule has 0 spiro atoms. The third kappa shape index (κ3) is 1.94. The Balaban J connectivity index is 1.77. The maximum absolute atomic E-state index is 9.08. The fourth-order valence-corrected chi connectivity index (χ4v) is 5.07. The third-order valence-electron chi connectivity index (χ3n) is 3.79. The summed E-state index contributed by atoms with van der Waals surface area (Å²) in [5, 5.41) is 13.5. The Kier molecular flexibility index (Phi) is 3.07. The predicted molar refractivity (Wildman–Crippen MR) is 72.4 cm³/mol. The van der Waals surface area contributed by atoms with Gasteiger partial charge in [0.25, 0.3) is 0 Å². The molecule has 0 aromatic carbocycles. The van der Waals surface area contributed by atoms with Gasteiger partial charge in [-0.25, -0.2) is 0 Å². The van der Waals surface area contributed by atoms with E-state index in [1.807, 2.05) is 23.5 Å². The van der Waals surface area contributed by atoms with Crippen molar-refractivity contribution in [1.29, 1.82) is 5.26 Å². The molecule has 1 saturated heterocycles. The minimum atomic E-state index is -0.0208. The summed E-state index contributed by atoms with van der Waals surface area (Å²) in [6, 6.07) is 2.33. The van der Waals surface area contributed by atoms with Gasteiger partial charge >= 0.3 is 0 Å². The van der Waals surface area contributed by atoms with Crippen LogP contribution in [0.15, 0.2) is 4.52 Å². The highest BCUT2D eigenvalue weighted by Gasteiger charge is 2.62. The summed E-state index contributed by atoms with van der Waals surface area (Å²) in [4.78, 5) is 4.53. The SMILES string of the molecule is CC1(C)C(C#N)C1c1nc(C2CSCCS2)no1. The zero-order chi connectivity index (χ0) is 12.8. The molecule has 2 aliphatic rings. The number of nitriles is 1. The van der Waals surface area contributed by atoms with Gasteiger partial charge in [0, 0.05) is 17.3 Å². The van der Waals surface area contributed by atoms with Crippen LogP contribution in [0.25, 0.3) is 0 Å². The summed E-state index contributed by atoms with van der Waals surface area (Å²) < 4.78 is 5.37. The lowest BCUT2D eigenvalue weighted by Crippen LogP contribution is -2.08.